The summed E-state index contributed by atoms with van der Waals surface area (Å²) in [7, 11) is 0. The van der Waals surface area contributed by atoms with Gasteiger partial charge in [0.2, 0.25) is 0 Å². The van der Waals surface area contributed by atoms with E-state index in [2.05, 4.69) is 0 Å². The Morgan fingerprint density at radius 2 is 1.35 bits per heavy atom. The first-order valence-corrected chi connectivity index (χ1v) is 7.66. The number of Topliss-reactive ketones (excluding diaryl/α,β-unsaturated/α-hetero) is 1. The van der Waals surface area contributed by atoms with Crippen LogP contribution in [0.4, 0.5) is 0 Å². The predicted molar refractivity (Wildman–Crippen MR) is 91.7 cm³/mol. The molecular formula is C21H18O2. The van der Waals surface area contributed by atoms with Crippen molar-refractivity contribution in [3.63, 3.8) is 0 Å². The molecule has 23 heavy (non-hydrogen) atoms. The minimum absolute atomic E-state index is 0.0985. The van der Waals surface area contributed by atoms with Crippen LogP contribution in [0.25, 0.3) is 0 Å². The molecule has 0 amide bonds. The molecule has 2 nitrogen and oxygen atoms in total. The van der Waals surface area contributed by atoms with E-state index in [-0.39, 0.29) is 5.78 Å². The van der Waals surface area contributed by atoms with Gasteiger partial charge in [-0.05, 0) is 11.6 Å². The maximum atomic E-state index is 12.4. The highest BCUT2D eigenvalue weighted by atomic mass is 16.5. The summed E-state index contributed by atoms with van der Waals surface area (Å²) in [6.07, 6.45) is 0.342. The third-order valence-corrected chi connectivity index (χ3v) is 3.66. The van der Waals surface area contributed by atoms with Crippen molar-refractivity contribution in [2.45, 2.75) is 13.0 Å². The molecule has 0 saturated heterocycles. The molecule has 0 bridgehead atoms. The van der Waals surface area contributed by atoms with Gasteiger partial charge in [-0.15, -0.1) is 0 Å². The Morgan fingerprint density at radius 1 is 0.739 bits per heavy atom. The number of carbonyl (C=O) groups is 1. The number of benzene rings is 3. The lowest BCUT2D eigenvalue weighted by Gasteiger charge is -2.11. The summed E-state index contributed by atoms with van der Waals surface area (Å²) in [6, 6.07) is 27.1. The first kappa shape index (κ1) is 15.0. The summed E-state index contributed by atoms with van der Waals surface area (Å²) in [5.41, 5.74) is 2.75. The van der Waals surface area contributed by atoms with Gasteiger partial charge in [0.1, 0.15) is 12.4 Å². The number of para-hydroxylation sites is 1. The van der Waals surface area contributed by atoms with E-state index in [0.717, 1.165) is 22.4 Å². The number of ketones is 1. The Bertz CT molecular complexity index is 764. The molecule has 0 N–H and O–H groups in total. The summed E-state index contributed by atoms with van der Waals surface area (Å²) in [6.45, 7) is 0.497. The maximum Gasteiger partial charge on any atom is 0.167 e. The van der Waals surface area contributed by atoms with Gasteiger partial charge in [-0.3, -0.25) is 4.79 Å². The number of rotatable bonds is 6. The summed E-state index contributed by atoms with van der Waals surface area (Å²) in [4.78, 5) is 12.4. The fraction of sp³-hybridized carbons (Fsp3) is 0.0952. The second-order valence-electron chi connectivity index (χ2n) is 5.35. The molecule has 3 aromatic carbocycles. The first-order valence-electron chi connectivity index (χ1n) is 7.66. The lowest BCUT2D eigenvalue weighted by molar-refractivity contribution is 0.0991. The van der Waals surface area contributed by atoms with E-state index in [0.29, 0.717) is 13.0 Å². The third kappa shape index (κ3) is 4.07. The normalized spacial score (nSPS) is 10.3. The predicted octanol–water partition coefficient (Wildman–Crippen LogP) is 4.69. The lowest BCUT2D eigenvalue weighted by Crippen LogP contribution is -2.06. The zero-order valence-corrected chi connectivity index (χ0v) is 12.8. The Hall–Kier alpha value is -2.87. The summed E-state index contributed by atoms with van der Waals surface area (Å²) in [5, 5.41) is 0. The van der Waals surface area contributed by atoms with Crippen LogP contribution < -0.4 is 4.74 Å². The summed E-state index contributed by atoms with van der Waals surface area (Å²) < 4.78 is 5.91. The molecule has 0 fully saturated rings. The Balaban J connectivity index is 1.72. The Morgan fingerprint density at radius 3 is 2.09 bits per heavy atom. The van der Waals surface area contributed by atoms with Crippen LogP contribution in [0.2, 0.25) is 0 Å². The highest BCUT2D eigenvalue weighted by Crippen LogP contribution is 2.21. The molecule has 0 aromatic heterocycles. The third-order valence-electron chi connectivity index (χ3n) is 3.66. The van der Waals surface area contributed by atoms with Crippen molar-refractivity contribution in [3.8, 4) is 5.75 Å². The largest absolute Gasteiger partial charge is 0.489 e. The zero-order valence-electron chi connectivity index (χ0n) is 12.8. The molecule has 0 unspecified atom stereocenters. The van der Waals surface area contributed by atoms with E-state index < -0.39 is 0 Å². The highest BCUT2D eigenvalue weighted by Gasteiger charge is 2.10. The van der Waals surface area contributed by atoms with Crippen LogP contribution in [0.3, 0.4) is 0 Å². The monoisotopic (exact) mass is 302 g/mol. The average molecular weight is 302 g/mol. The number of carbonyl (C=O) groups excluding carboxylic acids is 1. The molecule has 0 atom stereocenters. The van der Waals surface area contributed by atoms with E-state index in [1.165, 1.54) is 0 Å². The highest BCUT2D eigenvalue weighted by molar-refractivity contribution is 5.97. The smallest absolute Gasteiger partial charge is 0.167 e. The average Bonchev–Trinajstić information content (AvgIpc) is 2.62. The van der Waals surface area contributed by atoms with Gasteiger partial charge < -0.3 is 4.74 Å². The van der Waals surface area contributed by atoms with E-state index in [1.54, 1.807) is 0 Å². The zero-order chi connectivity index (χ0) is 15.9. The quantitative estimate of drug-likeness (QED) is 0.617. The molecule has 0 spiro atoms. The van der Waals surface area contributed by atoms with Gasteiger partial charge >= 0.3 is 0 Å². The first-order chi connectivity index (χ1) is 11.3. The van der Waals surface area contributed by atoms with Crippen molar-refractivity contribution in [1.29, 1.82) is 0 Å². The van der Waals surface area contributed by atoms with Crippen LogP contribution in [0.1, 0.15) is 21.5 Å². The van der Waals surface area contributed by atoms with Crippen molar-refractivity contribution in [1.82, 2.24) is 0 Å². The van der Waals surface area contributed by atoms with Gasteiger partial charge in [0.25, 0.3) is 0 Å². The second kappa shape index (κ2) is 7.41. The summed E-state index contributed by atoms with van der Waals surface area (Å²) in [5.74, 6) is 0.863. The molecule has 0 radical (unpaired) electrons. The van der Waals surface area contributed by atoms with E-state index >= 15 is 0 Å². The number of hydrogen-bond donors (Lipinski definition) is 0. The SMILES string of the molecule is O=C(Cc1ccccc1OCc1ccccc1)c1ccccc1. The molecule has 3 rings (SSSR count). The fourth-order valence-corrected chi connectivity index (χ4v) is 2.43. The standard InChI is InChI=1S/C21H18O2/c22-20(18-11-5-2-6-12-18)15-19-13-7-8-14-21(19)23-16-17-9-3-1-4-10-17/h1-14H,15-16H2. The van der Waals surface area contributed by atoms with Gasteiger partial charge in [0.15, 0.2) is 5.78 Å². The number of hydrogen-bond acceptors (Lipinski definition) is 2. The van der Waals surface area contributed by atoms with Gasteiger partial charge in [-0.1, -0.05) is 78.9 Å². The van der Waals surface area contributed by atoms with Crippen LogP contribution in [0.5, 0.6) is 5.75 Å². The lowest BCUT2D eigenvalue weighted by atomic mass is 10.0. The second-order valence-corrected chi connectivity index (χ2v) is 5.35. The van der Waals surface area contributed by atoms with Crippen molar-refractivity contribution in [3.05, 3.63) is 102 Å². The molecular weight excluding hydrogens is 284 g/mol. The van der Waals surface area contributed by atoms with Gasteiger partial charge in [0, 0.05) is 17.5 Å². The Kier molecular flexibility index (Phi) is 4.85. The van der Waals surface area contributed by atoms with Gasteiger partial charge in [-0.25, -0.2) is 0 Å². The van der Waals surface area contributed by atoms with Crippen LogP contribution in [-0.4, -0.2) is 5.78 Å². The van der Waals surface area contributed by atoms with Crippen molar-refractivity contribution in [2.75, 3.05) is 0 Å². The fourth-order valence-electron chi connectivity index (χ4n) is 2.43. The topological polar surface area (TPSA) is 26.3 Å². The molecule has 0 aliphatic rings. The molecule has 3 aromatic rings. The number of ether oxygens (including phenoxy) is 1. The van der Waals surface area contributed by atoms with Gasteiger partial charge in [-0.2, -0.15) is 0 Å². The minimum Gasteiger partial charge on any atom is -0.489 e. The molecule has 2 heteroatoms. The van der Waals surface area contributed by atoms with Gasteiger partial charge in [0.05, 0.1) is 0 Å². The van der Waals surface area contributed by atoms with Crippen LogP contribution >= 0.6 is 0 Å². The van der Waals surface area contributed by atoms with Crippen molar-refractivity contribution in [2.24, 2.45) is 0 Å². The van der Waals surface area contributed by atoms with Crippen LogP contribution in [0.15, 0.2) is 84.9 Å². The summed E-state index contributed by atoms with van der Waals surface area (Å²) >= 11 is 0. The van der Waals surface area contributed by atoms with E-state index in [1.807, 2.05) is 84.9 Å². The van der Waals surface area contributed by atoms with Crippen molar-refractivity contribution >= 4 is 5.78 Å². The molecule has 0 saturated carbocycles. The van der Waals surface area contributed by atoms with E-state index in [4.69, 9.17) is 4.74 Å². The molecule has 0 aliphatic heterocycles. The molecule has 0 heterocycles. The molecule has 0 aliphatic carbocycles. The molecule has 114 valence electrons. The van der Waals surface area contributed by atoms with Crippen molar-refractivity contribution < 1.29 is 9.53 Å². The Labute approximate surface area is 136 Å². The van der Waals surface area contributed by atoms with E-state index in [9.17, 15) is 4.79 Å². The van der Waals surface area contributed by atoms with Crippen LogP contribution in [0, 0.1) is 0 Å². The van der Waals surface area contributed by atoms with Crippen LogP contribution in [-0.2, 0) is 13.0 Å². The maximum absolute atomic E-state index is 12.4. The minimum atomic E-state index is 0.0985.